The van der Waals surface area contributed by atoms with E-state index in [0.29, 0.717) is 37.0 Å². The number of fused-ring (bicyclic) bond motifs is 1. The molecule has 15 nitrogen and oxygen atoms in total. The molecule has 2 aromatic carbocycles. The smallest absolute Gasteiger partial charge is 0.269 e. The summed E-state index contributed by atoms with van der Waals surface area (Å²) in [6, 6.07) is 4.77. The first kappa shape index (κ1) is 33.0. The van der Waals surface area contributed by atoms with Crippen molar-refractivity contribution in [2.24, 2.45) is 5.92 Å². The number of nitrogens with one attached hydrogen (secondary N) is 4. The van der Waals surface area contributed by atoms with E-state index in [1.165, 1.54) is 6.08 Å². The molecule has 4 fully saturated rings. The first-order valence-corrected chi connectivity index (χ1v) is 19.4. The topological polar surface area (TPSA) is 203 Å². The summed E-state index contributed by atoms with van der Waals surface area (Å²) in [5.74, 6) is -13.2. The SMILES string of the molecule is [2H]C1([2H])N(CC2CCN(C(=N)/C=C\C(=N)C(=O)NC3CCC(Oc4ccc(C#N)c(Cl)c4)CC3)CC2)C([2H])([2H])C([2H])([2H])N(c2c(F)c(F)c3c(c2F)C(=O)N(C2CCC(=O)NC2=O)C3=O)C1([2H])[2H]. The molecule has 1 atom stereocenters. The normalized spacial score (nSPS) is 28.1. The van der Waals surface area contributed by atoms with Gasteiger partial charge in [-0.15, -0.1) is 0 Å². The van der Waals surface area contributed by atoms with Gasteiger partial charge in [-0.2, -0.15) is 5.26 Å². The minimum atomic E-state index is -3.94. The maximum Gasteiger partial charge on any atom is 0.269 e. The van der Waals surface area contributed by atoms with E-state index in [2.05, 4.69) is 5.32 Å². The predicted molar refractivity (Wildman–Crippen MR) is 212 cm³/mol. The number of piperazine rings is 1. The van der Waals surface area contributed by atoms with E-state index in [-0.39, 0.29) is 65.2 Å². The van der Waals surface area contributed by atoms with Crippen molar-refractivity contribution < 1.29 is 52.8 Å². The second-order valence-corrected chi connectivity index (χ2v) is 15.2. The average molecular weight is 858 g/mol. The number of nitrogens with zero attached hydrogens (tertiary/aromatic N) is 5. The van der Waals surface area contributed by atoms with Gasteiger partial charge >= 0.3 is 0 Å². The summed E-state index contributed by atoms with van der Waals surface area (Å²) in [6.45, 7) is -15.7. The van der Waals surface area contributed by atoms with Gasteiger partial charge in [0.05, 0.1) is 33.3 Å². The Bertz CT molecular complexity index is 2560. The van der Waals surface area contributed by atoms with Crippen LogP contribution in [0.2, 0.25) is 5.02 Å². The number of nitriles is 1. The van der Waals surface area contributed by atoms with Gasteiger partial charge in [0.2, 0.25) is 11.8 Å². The first-order chi connectivity index (χ1) is 31.8. The zero-order valence-corrected chi connectivity index (χ0v) is 32.4. The van der Waals surface area contributed by atoms with E-state index >= 15 is 13.2 Å². The summed E-state index contributed by atoms with van der Waals surface area (Å²) < 4.78 is 125. The molecular weight excluding hydrogens is 807 g/mol. The number of likely N-dealkylation sites (tertiary alicyclic amines) is 1. The van der Waals surface area contributed by atoms with Crippen LogP contribution in [0.15, 0.2) is 30.4 Å². The van der Waals surface area contributed by atoms with Crippen molar-refractivity contribution in [3.05, 3.63) is 69.5 Å². The van der Waals surface area contributed by atoms with Crippen molar-refractivity contribution in [2.45, 2.75) is 69.6 Å². The van der Waals surface area contributed by atoms with E-state index in [4.69, 9.17) is 43.4 Å². The van der Waals surface area contributed by atoms with Crippen molar-refractivity contribution in [1.29, 1.82) is 16.1 Å². The maximum absolute atomic E-state index is 16.5. The van der Waals surface area contributed by atoms with Crippen LogP contribution in [0.5, 0.6) is 5.75 Å². The number of amides is 5. The van der Waals surface area contributed by atoms with Crippen LogP contribution in [0.25, 0.3) is 0 Å². The monoisotopic (exact) mass is 857 g/mol. The molecule has 5 aliphatic rings. The first-order valence-electron chi connectivity index (χ1n) is 23.0. The number of benzene rings is 2. The van der Waals surface area contributed by atoms with Crippen molar-refractivity contribution in [1.82, 2.24) is 25.3 Å². The van der Waals surface area contributed by atoms with Crippen LogP contribution in [0.1, 0.15) is 88.6 Å². The Kier molecular flexibility index (Phi) is 9.79. The van der Waals surface area contributed by atoms with Gasteiger partial charge < -0.3 is 19.9 Å². The molecule has 60 heavy (non-hydrogen) atoms. The van der Waals surface area contributed by atoms with Gasteiger partial charge in [0.1, 0.15) is 35.1 Å². The predicted octanol–water partition coefficient (Wildman–Crippen LogP) is 3.92. The third-order valence-electron chi connectivity index (χ3n) is 10.9. The number of ether oxygens (including phenoxy) is 1. The molecule has 0 aromatic heterocycles. The third-order valence-corrected chi connectivity index (χ3v) is 11.2. The van der Waals surface area contributed by atoms with Gasteiger partial charge in [0.15, 0.2) is 17.5 Å². The Labute approximate surface area is 359 Å². The zero-order chi connectivity index (χ0) is 50.0. The van der Waals surface area contributed by atoms with Gasteiger partial charge in [-0.3, -0.25) is 49.9 Å². The number of hydrogen-bond donors (Lipinski definition) is 4. The highest BCUT2D eigenvalue weighted by Crippen LogP contribution is 2.38. The van der Waals surface area contributed by atoms with E-state index in [1.54, 1.807) is 23.1 Å². The quantitative estimate of drug-likeness (QED) is 0.117. The van der Waals surface area contributed by atoms with Crippen molar-refractivity contribution in [3.8, 4) is 11.8 Å². The second kappa shape index (κ2) is 17.8. The number of piperidine rings is 2. The number of imide groups is 2. The molecule has 7 rings (SSSR count). The fourth-order valence-electron chi connectivity index (χ4n) is 7.67. The highest BCUT2D eigenvalue weighted by molar-refractivity contribution is 6.42. The molecule has 4 heterocycles. The summed E-state index contributed by atoms with van der Waals surface area (Å²) in [5.41, 5.74) is -5.18. The van der Waals surface area contributed by atoms with Gasteiger partial charge in [0, 0.05) is 69.6 Å². The summed E-state index contributed by atoms with van der Waals surface area (Å²) in [4.78, 5) is 65.0. The van der Waals surface area contributed by atoms with Crippen molar-refractivity contribution in [2.75, 3.05) is 50.5 Å². The van der Waals surface area contributed by atoms with Crippen molar-refractivity contribution in [3.63, 3.8) is 0 Å². The lowest BCUT2D eigenvalue weighted by atomic mass is 9.92. The summed E-state index contributed by atoms with van der Waals surface area (Å²) in [7, 11) is 0. The minimum absolute atomic E-state index is 0.0822. The number of carbonyl (C=O) groups is 5. The van der Waals surface area contributed by atoms with Crippen LogP contribution in [0.4, 0.5) is 18.9 Å². The van der Waals surface area contributed by atoms with E-state index in [1.807, 2.05) is 11.4 Å². The summed E-state index contributed by atoms with van der Waals surface area (Å²) in [5, 5.41) is 30.8. The van der Waals surface area contributed by atoms with Crippen LogP contribution in [0, 0.1) is 45.5 Å². The summed E-state index contributed by atoms with van der Waals surface area (Å²) in [6.07, 6.45) is 4.00. The van der Waals surface area contributed by atoms with Gasteiger partial charge in [-0.1, -0.05) is 11.6 Å². The van der Waals surface area contributed by atoms with Crippen LogP contribution < -0.4 is 20.3 Å². The lowest BCUT2D eigenvalue weighted by molar-refractivity contribution is -0.136. The lowest BCUT2D eigenvalue weighted by Crippen LogP contribution is -2.54. The standard InChI is InChI=1S/C41H43ClF3N9O6/c42-27-19-26(4-1-23(27)20-46)60-25-5-2-24(3-6-25)49-38(56)28(47)7-9-30(48)52-13-11-22(12-14-52)21-51-15-17-53(18-16-51)37-35(44)33-32(34(43)36(37)45)40(58)54(41(33)59)29-8-10-31(55)50-39(29)57/h1,4,7,9,19,22,24-25,29,47-48H,2-3,5-6,8,10-18,21H2,(H,49,56)(H,50,55,57)/b9-7-,47-28?,48-30?/i15D2,16D2,17D2,18D2. The number of carbonyl (C=O) groups excluding carboxylic acids is 5. The number of amidine groups is 1. The maximum atomic E-state index is 16.5. The molecule has 0 spiro atoms. The van der Waals surface area contributed by atoms with E-state index in [9.17, 15) is 24.0 Å². The summed E-state index contributed by atoms with van der Waals surface area (Å²) >= 11 is 6.10. The molecular formula is C41H43ClF3N9O6. The largest absolute Gasteiger partial charge is 0.490 e. The fourth-order valence-corrected chi connectivity index (χ4v) is 7.88. The molecule has 1 saturated carbocycles. The Morgan fingerprint density at radius 3 is 2.25 bits per heavy atom. The van der Waals surface area contributed by atoms with Crippen LogP contribution in [-0.2, 0) is 14.4 Å². The van der Waals surface area contributed by atoms with Crippen molar-refractivity contribution >= 4 is 58.4 Å². The highest BCUT2D eigenvalue weighted by Gasteiger charge is 2.49. The average Bonchev–Trinajstić information content (AvgIpc) is 3.54. The molecule has 4 N–H and O–H groups in total. The Hall–Kier alpha value is -5.80. The Balaban J connectivity index is 0.976. The van der Waals surface area contributed by atoms with Crippen LogP contribution >= 0.6 is 11.6 Å². The fraction of sp³-hybridized carbons (Fsp3) is 0.463. The molecule has 5 amide bonds. The molecule has 1 aliphatic carbocycles. The number of halogens is 4. The number of hydrogen-bond acceptors (Lipinski definition) is 11. The minimum Gasteiger partial charge on any atom is -0.490 e. The lowest BCUT2D eigenvalue weighted by Gasteiger charge is -2.40. The molecule has 2 aromatic rings. The van der Waals surface area contributed by atoms with Crippen LogP contribution in [-0.4, -0.2) is 120 Å². The number of anilines is 1. The molecule has 0 radical (unpaired) electrons. The van der Waals surface area contributed by atoms with Crippen LogP contribution in [0.3, 0.4) is 0 Å². The zero-order valence-electron chi connectivity index (χ0n) is 39.7. The van der Waals surface area contributed by atoms with E-state index < -0.39 is 125 Å². The molecule has 4 aliphatic heterocycles. The van der Waals surface area contributed by atoms with E-state index in [0.717, 1.165) is 6.08 Å². The Morgan fingerprint density at radius 1 is 0.950 bits per heavy atom. The molecule has 0 bridgehead atoms. The molecule has 1 unspecified atom stereocenters. The number of rotatable bonds is 10. The molecule has 316 valence electrons. The second-order valence-electron chi connectivity index (χ2n) is 14.8. The highest BCUT2D eigenvalue weighted by atomic mass is 35.5. The Morgan fingerprint density at radius 2 is 1.62 bits per heavy atom. The molecule has 19 heteroatoms. The third kappa shape index (κ3) is 8.73. The molecule has 3 saturated heterocycles. The van der Waals surface area contributed by atoms with Gasteiger partial charge in [-0.25, -0.2) is 13.2 Å². The van der Waals surface area contributed by atoms with Gasteiger partial charge in [-0.05, 0) is 75.1 Å². The van der Waals surface area contributed by atoms with Gasteiger partial charge in [0.25, 0.3) is 17.7 Å².